The molecule has 0 aliphatic heterocycles. The van der Waals surface area contributed by atoms with Crippen molar-refractivity contribution in [3.63, 3.8) is 0 Å². The second-order valence-corrected chi connectivity index (χ2v) is 9.04. The maximum atomic E-state index is 12.7. The SMILES string of the molecule is C=C(CC/C=C(\C)CCC=C(C)C)C1CC2(C(=O)OCC)CCC(=O)C1C2C. The van der Waals surface area contributed by atoms with Gasteiger partial charge in [0.2, 0.25) is 0 Å². The molecule has 0 heterocycles. The molecule has 2 aliphatic rings. The fraction of sp³-hybridized carbons (Fsp3) is 0.680. The Kier molecular flexibility index (Phi) is 7.86. The number of hydrogen-bond acceptors (Lipinski definition) is 3. The first kappa shape index (κ1) is 22.6. The highest BCUT2D eigenvalue weighted by molar-refractivity contribution is 5.89. The number of esters is 1. The molecule has 0 aromatic rings. The quantitative estimate of drug-likeness (QED) is 0.350. The zero-order chi connectivity index (χ0) is 20.9. The van der Waals surface area contributed by atoms with Crippen LogP contribution in [0.2, 0.25) is 0 Å². The van der Waals surface area contributed by atoms with Crippen LogP contribution in [0.1, 0.15) is 79.6 Å². The maximum absolute atomic E-state index is 12.7. The number of ketones is 1. The average Bonchev–Trinajstić information content (AvgIpc) is 2.82. The Morgan fingerprint density at radius 3 is 2.54 bits per heavy atom. The van der Waals surface area contributed by atoms with Crippen LogP contribution in [0.15, 0.2) is 35.5 Å². The number of hydrogen-bond donors (Lipinski definition) is 0. The Morgan fingerprint density at radius 2 is 1.89 bits per heavy atom. The molecule has 2 fully saturated rings. The second-order valence-electron chi connectivity index (χ2n) is 9.04. The fourth-order valence-electron chi connectivity index (χ4n) is 5.17. The summed E-state index contributed by atoms with van der Waals surface area (Å²) in [6.45, 7) is 15.1. The van der Waals surface area contributed by atoms with Gasteiger partial charge in [-0.05, 0) is 78.1 Å². The van der Waals surface area contributed by atoms with Crippen molar-refractivity contribution in [2.45, 2.75) is 79.6 Å². The molecule has 4 atom stereocenters. The normalized spacial score (nSPS) is 29.5. The summed E-state index contributed by atoms with van der Waals surface area (Å²) in [5.41, 5.74) is 3.41. The van der Waals surface area contributed by atoms with Gasteiger partial charge in [0.25, 0.3) is 0 Å². The van der Waals surface area contributed by atoms with Gasteiger partial charge in [-0.2, -0.15) is 0 Å². The van der Waals surface area contributed by atoms with Crippen LogP contribution in [0.4, 0.5) is 0 Å². The lowest BCUT2D eigenvalue weighted by atomic mass is 9.67. The summed E-state index contributed by atoms with van der Waals surface area (Å²) in [7, 11) is 0. The smallest absolute Gasteiger partial charge is 0.312 e. The van der Waals surface area contributed by atoms with Crippen LogP contribution in [-0.2, 0) is 14.3 Å². The van der Waals surface area contributed by atoms with E-state index in [-0.39, 0.29) is 23.7 Å². The molecule has 0 N–H and O–H groups in total. The molecular weight excluding hydrogens is 348 g/mol. The van der Waals surface area contributed by atoms with Gasteiger partial charge >= 0.3 is 5.97 Å². The molecule has 3 nitrogen and oxygen atoms in total. The van der Waals surface area contributed by atoms with Crippen LogP contribution in [0, 0.1) is 23.2 Å². The summed E-state index contributed by atoms with van der Waals surface area (Å²) in [6, 6.07) is 0. The molecule has 0 amide bonds. The van der Waals surface area contributed by atoms with Gasteiger partial charge in [0.15, 0.2) is 0 Å². The summed E-state index contributed by atoms with van der Waals surface area (Å²) < 4.78 is 5.41. The molecule has 3 heteroatoms. The lowest BCUT2D eigenvalue weighted by molar-refractivity contribution is -0.160. The summed E-state index contributed by atoms with van der Waals surface area (Å²) in [6.07, 6.45) is 10.5. The molecule has 0 aromatic heterocycles. The third kappa shape index (κ3) is 4.85. The molecule has 2 saturated carbocycles. The van der Waals surface area contributed by atoms with Crippen LogP contribution in [-0.4, -0.2) is 18.4 Å². The third-order valence-corrected chi connectivity index (χ3v) is 6.87. The van der Waals surface area contributed by atoms with E-state index in [1.54, 1.807) is 0 Å². The van der Waals surface area contributed by atoms with Gasteiger partial charge in [-0.15, -0.1) is 0 Å². The Morgan fingerprint density at radius 1 is 1.21 bits per heavy atom. The van der Waals surface area contributed by atoms with Gasteiger partial charge in [-0.25, -0.2) is 0 Å². The van der Waals surface area contributed by atoms with Crippen LogP contribution in [0.5, 0.6) is 0 Å². The largest absolute Gasteiger partial charge is 0.466 e. The molecule has 4 unspecified atom stereocenters. The highest BCUT2D eigenvalue weighted by Crippen LogP contribution is 2.59. The predicted octanol–water partition coefficient (Wildman–Crippen LogP) is 6.20. The number of rotatable bonds is 9. The summed E-state index contributed by atoms with van der Waals surface area (Å²) in [5.74, 6) is 0.313. The molecule has 2 aliphatic carbocycles. The number of carbonyl (C=O) groups excluding carboxylic acids is 2. The Labute approximate surface area is 171 Å². The third-order valence-electron chi connectivity index (χ3n) is 6.87. The fourth-order valence-corrected chi connectivity index (χ4v) is 5.17. The van der Waals surface area contributed by atoms with Crippen molar-refractivity contribution in [3.05, 3.63) is 35.5 Å². The number of Topliss-reactive ketones (excluding diaryl/α,β-unsaturated/α-hetero) is 1. The van der Waals surface area contributed by atoms with Crippen molar-refractivity contribution >= 4 is 11.8 Å². The minimum absolute atomic E-state index is 0.0518. The first-order valence-electron chi connectivity index (χ1n) is 10.9. The lowest BCUT2D eigenvalue weighted by Crippen LogP contribution is -2.42. The minimum atomic E-state index is -0.488. The Balaban J connectivity index is 2.00. The van der Waals surface area contributed by atoms with E-state index in [0.717, 1.165) is 37.7 Å². The van der Waals surface area contributed by atoms with Crippen molar-refractivity contribution in [2.75, 3.05) is 6.61 Å². The van der Waals surface area contributed by atoms with Crippen molar-refractivity contribution in [1.29, 1.82) is 0 Å². The molecule has 28 heavy (non-hydrogen) atoms. The average molecular weight is 387 g/mol. The summed E-state index contributed by atoms with van der Waals surface area (Å²) in [4.78, 5) is 25.4. The van der Waals surface area contributed by atoms with E-state index in [9.17, 15) is 9.59 Å². The van der Waals surface area contributed by atoms with Gasteiger partial charge in [0.05, 0.1) is 12.0 Å². The predicted molar refractivity (Wildman–Crippen MR) is 115 cm³/mol. The van der Waals surface area contributed by atoms with Crippen LogP contribution >= 0.6 is 0 Å². The topological polar surface area (TPSA) is 43.4 Å². The van der Waals surface area contributed by atoms with E-state index in [1.165, 1.54) is 11.1 Å². The van der Waals surface area contributed by atoms with Crippen molar-refractivity contribution in [1.82, 2.24) is 0 Å². The van der Waals surface area contributed by atoms with E-state index in [2.05, 4.69) is 46.4 Å². The monoisotopic (exact) mass is 386 g/mol. The molecular formula is C25H38O3. The second kappa shape index (κ2) is 9.71. The molecule has 0 saturated heterocycles. The zero-order valence-electron chi connectivity index (χ0n) is 18.5. The number of allylic oxidation sites excluding steroid dienone is 5. The first-order valence-corrected chi connectivity index (χ1v) is 10.9. The molecule has 2 bridgehead atoms. The van der Waals surface area contributed by atoms with Crippen LogP contribution < -0.4 is 0 Å². The van der Waals surface area contributed by atoms with Crippen LogP contribution in [0.3, 0.4) is 0 Å². The molecule has 0 aromatic carbocycles. The minimum Gasteiger partial charge on any atom is -0.466 e. The van der Waals surface area contributed by atoms with E-state index >= 15 is 0 Å². The van der Waals surface area contributed by atoms with Crippen molar-refractivity contribution in [3.8, 4) is 0 Å². The Hall–Kier alpha value is -1.64. The van der Waals surface area contributed by atoms with Gasteiger partial charge in [0, 0.05) is 12.3 Å². The Bertz CT molecular complexity index is 665. The lowest BCUT2D eigenvalue weighted by Gasteiger charge is -2.36. The van der Waals surface area contributed by atoms with Gasteiger partial charge < -0.3 is 4.74 Å². The summed E-state index contributed by atoms with van der Waals surface area (Å²) >= 11 is 0. The molecule has 156 valence electrons. The van der Waals surface area contributed by atoms with E-state index in [0.29, 0.717) is 25.2 Å². The van der Waals surface area contributed by atoms with Crippen LogP contribution in [0.25, 0.3) is 0 Å². The van der Waals surface area contributed by atoms with Crippen molar-refractivity contribution < 1.29 is 14.3 Å². The highest BCUT2D eigenvalue weighted by atomic mass is 16.5. The van der Waals surface area contributed by atoms with Gasteiger partial charge in [-0.1, -0.05) is 42.4 Å². The molecule has 2 rings (SSSR count). The molecule has 0 radical (unpaired) electrons. The standard InChI is InChI=1S/C25H38O3/c1-7-28-24(27)25-15-14-22(26)23(20(25)6)21(16-25)19(5)13-9-12-18(4)11-8-10-17(2)3/h10,12,20-21,23H,5,7-9,11,13-16H2,1-4,6H3/b18-12+. The van der Waals surface area contributed by atoms with Crippen molar-refractivity contribution in [2.24, 2.45) is 23.2 Å². The van der Waals surface area contributed by atoms with Gasteiger partial charge in [-0.3, -0.25) is 9.59 Å². The number of ether oxygens (including phenoxy) is 1. The number of fused-ring (bicyclic) bond motifs is 2. The van der Waals surface area contributed by atoms with E-state index < -0.39 is 5.41 Å². The van der Waals surface area contributed by atoms with Gasteiger partial charge in [0.1, 0.15) is 5.78 Å². The first-order chi connectivity index (χ1) is 13.2. The summed E-state index contributed by atoms with van der Waals surface area (Å²) in [5, 5.41) is 0. The number of carbonyl (C=O) groups is 2. The maximum Gasteiger partial charge on any atom is 0.312 e. The van der Waals surface area contributed by atoms with E-state index in [4.69, 9.17) is 4.74 Å². The van der Waals surface area contributed by atoms with E-state index in [1.807, 2.05) is 6.92 Å². The highest BCUT2D eigenvalue weighted by Gasteiger charge is 2.61. The molecule has 0 spiro atoms. The zero-order valence-corrected chi connectivity index (χ0v) is 18.5.